The van der Waals surface area contributed by atoms with Crippen molar-refractivity contribution < 1.29 is 0 Å². The summed E-state index contributed by atoms with van der Waals surface area (Å²) in [7, 11) is 0. The minimum absolute atomic E-state index is 0.156. The molecule has 54 valence electrons. The number of hydrogen-bond acceptors (Lipinski definition) is 2. The van der Waals surface area contributed by atoms with Crippen LogP contribution < -0.4 is 0 Å². The molecular formula is C4Br2Cl2N2. The second-order valence-corrected chi connectivity index (χ2v) is 3.61. The Hall–Kier alpha value is 0.620. The van der Waals surface area contributed by atoms with Crippen molar-refractivity contribution in [1.29, 1.82) is 0 Å². The van der Waals surface area contributed by atoms with E-state index in [-0.39, 0.29) is 5.28 Å². The van der Waals surface area contributed by atoms with Crippen LogP contribution in [0.5, 0.6) is 0 Å². The third-order valence-corrected chi connectivity index (χ3v) is 2.87. The molecular weight excluding hydrogens is 307 g/mol. The van der Waals surface area contributed by atoms with Gasteiger partial charge in [0, 0.05) is 0 Å². The normalized spacial score (nSPS) is 10.0. The SMILES string of the molecule is Clc1nc(Br)c(Cl)c(Br)n1. The lowest BCUT2D eigenvalue weighted by atomic mass is 10.7. The highest BCUT2D eigenvalue weighted by molar-refractivity contribution is 9.11. The van der Waals surface area contributed by atoms with Crippen molar-refractivity contribution in [3.8, 4) is 0 Å². The van der Waals surface area contributed by atoms with Crippen LogP contribution in [0.4, 0.5) is 0 Å². The van der Waals surface area contributed by atoms with E-state index in [1.807, 2.05) is 0 Å². The van der Waals surface area contributed by atoms with Crippen LogP contribution in [-0.4, -0.2) is 9.97 Å². The van der Waals surface area contributed by atoms with E-state index in [0.29, 0.717) is 14.2 Å². The van der Waals surface area contributed by atoms with Crippen molar-refractivity contribution in [2.24, 2.45) is 0 Å². The minimum atomic E-state index is 0.156. The number of aromatic nitrogens is 2. The Kier molecular flexibility index (Phi) is 2.91. The van der Waals surface area contributed by atoms with Gasteiger partial charge in [0.25, 0.3) is 0 Å². The van der Waals surface area contributed by atoms with Crippen molar-refractivity contribution in [3.05, 3.63) is 19.5 Å². The zero-order valence-corrected chi connectivity index (χ0v) is 9.09. The predicted molar refractivity (Wildman–Crippen MR) is 47.5 cm³/mol. The van der Waals surface area contributed by atoms with Gasteiger partial charge in [-0.3, -0.25) is 0 Å². The molecule has 0 amide bonds. The van der Waals surface area contributed by atoms with E-state index in [1.54, 1.807) is 0 Å². The molecule has 0 aliphatic rings. The third-order valence-electron chi connectivity index (χ3n) is 0.743. The molecule has 0 aromatic carbocycles. The van der Waals surface area contributed by atoms with E-state index in [2.05, 4.69) is 41.8 Å². The summed E-state index contributed by atoms with van der Waals surface area (Å²) in [6, 6.07) is 0. The minimum Gasteiger partial charge on any atom is -0.209 e. The van der Waals surface area contributed by atoms with E-state index in [0.717, 1.165) is 0 Å². The van der Waals surface area contributed by atoms with Gasteiger partial charge in [-0.05, 0) is 43.5 Å². The van der Waals surface area contributed by atoms with Gasteiger partial charge in [0.05, 0.1) is 0 Å². The molecule has 2 nitrogen and oxygen atoms in total. The van der Waals surface area contributed by atoms with Gasteiger partial charge in [0.15, 0.2) is 0 Å². The van der Waals surface area contributed by atoms with Crippen molar-refractivity contribution in [1.82, 2.24) is 9.97 Å². The Bertz CT molecular complexity index is 242. The Balaban J connectivity index is 3.31. The fraction of sp³-hybridized carbons (Fsp3) is 0. The van der Waals surface area contributed by atoms with Gasteiger partial charge in [0.2, 0.25) is 5.28 Å². The molecule has 0 fully saturated rings. The van der Waals surface area contributed by atoms with Crippen molar-refractivity contribution >= 4 is 55.1 Å². The topological polar surface area (TPSA) is 25.8 Å². The number of hydrogen-bond donors (Lipinski definition) is 0. The van der Waals surface area contributed by atoms with E-state index in [4.69, 9.17) is 23.2 Å². The maximum atomic E-state index is 5.67. The molecule has 1 aromatic heterocycles. The summed E-state index contributed by atoms with van der Waals surface area (Å²) in [6.07, 6.45) is 0. The van der Waals surface area contributed by atoms with Crippen LogP contribution in [0.3, 0.4) is 0 Å². The lowest BCUT2D eigenvalue weighted by Gasteiger charge is -1.96. The van der Waals surface area contributed by atoms with Gasteiger partial charge in [-0.2, -0.15) is 0 Å². The molecule has 0 aliphatic heterocycles. The maximum Gasteiger partial charge on any atom is 0.224 e. The smallest absolute Gasteiger partial charge is 0.209 e. The summed E-state index contributed by atoms with van der Waals surface area (Å²) in [5.74, 6) is 0. The summed E-state index contributed by atoms with van der Waals surface area (Å²) < 4.78 is 0.974. The fourth-order valence-electron chi connectivity index (χ4n) is 0.370. The van der Waals surface area contributed by atoms with Gasteiger partial charge in [0.1, 0.15) is 14.2 Å². The van der Waals surface area contributed by atoms with Crippen LogP contribution in [0, 0.1) is 0 Å². The Morgan fingerprint density at radius 1 is 1.00 bits per heavy atom. The maximum absolute atomic E-state index is 5.67. The molecule has 0 saturated carbocycles. The van der Waals surface area contributed by atoms with Gasteiger partial charge < -0.3 is 0 Å². The van der Waals surface area contributed by atoms with E-state index < -0.39 is 0 Å². The Morgan fingerprint density at radius 2 is 1.40 bits per heavy atom. The van der Waals surface area contributed by atoms with Crippen LogP contribution in [0.2, 0.25) is 10.3 Å². The van der Waals surface area contributed by atoms with E-state index >= 15 is 0 Å². The molecule has 0 unspecified atom stereocenters. The number of rotatable bonds is 0. The monoisotopic (exact) mass is 304 g/mol. The molecule has 0 saturated heterocycles. The molecule has 0 spiro atoms. The zero-order chi connectivity index (χ0) is 7.72. The fourth-order valence-corrected chi connectivity index (χ4v) is 1.81. The van der Waals surface area contributed by atoms with Gasteiger partial charge in [-0.1, -0.05) is 11.6 Å². The second kappa shape index (κ2) is 3.34. The first-order valence-corrected chi connectivity index (χ1v) is 4.49. The van der Waals surface area contributed by atoms with Crippen LogP contribution in [-0.2, 0) is 0 Å². The molecule has 1 aromatic rings. The lowest BCUT2D eigenvalue weighted by Crippen LogP contribution is -1.85. The van der Waals surface area contributed by atoms with Crippen LogP contribution in [0.25, 0.3) is 0 Å². The molecule has 0 radical (unpaired) electrons. The summed E-state index contributed by atoms with van der Waals surface area (Å²) >= 11 is 17.4. The molecule has 0 aliphatic carbocycles. The van der Waals surface area contributed by atoms with E-state index in [9.17, 15) is 0 Å². The highest BCUT2D eigenvalue weighted by Crippen LogP contribution is 2.27. The Labute approximate surface area is 84.2 Å². The predicted octanol–water partition coefficient (Wildman–Crippen LogP) is 3.31. The molecule has 1 heterocycles. The van der Waals surface area contributed by atoms with E-state index in [1.165, 1.54) is 0 Å². The average Bonchev–Trinajstić information content (AvgIpc) is 1.82. The molecule has 1 rings (SSSR count). The highest BCUT2D eigenvalue weighted by atomic mass is 79.9. The van der Waals surface area contributed by atoms with Gasteiger partial charge in [-0.25, -0.2) is 9.97 Å². The molecule has 10 heavy (non-hydrogen) atoms. The van der Waals surface area contributed by atoms with Crippen LogP contribution in [0.1, 0.15) is 0 Å². The third kappa shape index (κ3) is 1.81. The molecule has 6 heteroatoms. The summed E-state index contributed by atoms with van der Waals surface area (Å²) in [6.45, 7) is 0. The van der Waals surface area contributed by atoms with Crippen molar-refractivity contribution in [3.63, 3.8) is 0 Å². The average molecular weight is 307 g/mol. The quantitative estimate of drug-likeness (QED) is 0.543. The first-order valence-electron chi connectivity index (χ1n) is 2.15. The second-order valence-electron chi connectivity index (χ2n) is 1.39. The zero-order valence-electron chi connectivity index (χ0n) is 4.41. The summed E-state index contributed by atoms with van der Waals surface area (Å²) in [4.78, 5) is 7.49. The Morgan fingerprint density at radius 3 is 1.80 bits per heavy atom. The standard InChI is InChI=1S/C4Br2Cl2N2/c5-2-1(7)3(6)10-4(8)9-2. The van der Waals surface area contributed by atoms with Crippen LogP contribution in [0.15, 0.2) is 9.21 Å². The molecule has 0 bridgehead atoms. The van der Waals surface area contributed by atoms with Crippen molar-refractivity contribution in [2.75, 3.05) is 0 Å². The van der Waals surface area contributed by atoms with Gasteiger partial charge in [-0.15, -0.1) is 0 Å². The first-order chi connectivity index (χ1) is 4.61. The summed E-state index contributed by atoms with van der Waals surface area (Å²) in [5, 5.41) is 0.576. The highest BCUT2D eigenvalue weighted by Gasteiger charge is 2.05. The van der Waals surface area contributed by atoms with Gasteiger partial charge >= 0.3 is 0 Å². The summed E-state index contributed by atoms with van der Waals surface area (Å²) in [5.41, 5.74) is 0. The number of halogens is 4. The largest absolute Gasteiger partial charge is 0.224 e. The first kappa shape index (κ1) is 8.71. The molecule has 0 N–H and O–H groups in total. The van der Waals surface area contributed by atoms with Crippen molar-refractivity contribution in [2.45, 2.75) is 0 Å². The lowest BCUT2D eigenvalue weighted by molar-refractivity contribution is 1.11. The van der Waals surface area contributed by atoms with Crippen LogP contribution >= 0.6 is 55.1 Å². The molecule has 0 atom stereocenters. The number of nitrogens with zero attached hydrogens (tertiary/aromatic N) is 2.